The van der Waals surface area contributed by atoms with Crippen molar-refractivity contribution in [3.05, 3.63) is 47.7 Å². The molecule has 0 aromatic heterocycles. The van der Waals surface area contributed by atoms with E-state index in [-0.39, 0.29) is 11.8 Å². The summed E-state index contributed by atoms with van der Waals surface area (Å²) in [7, 11) is 2.00. The van der Waals surface area contributed by atoms with Gasteiger partial charge in [0.25, 0.3) is 0 Å². The number of amides is 2. The van der Waals surface area contributed by atoms with Crippen LogP contribution in [0.15, 0.2) is 47.7 Å². The molecule has 1 aliphatic carbocycles. The molecule has 1 fully saturated rings. The molecule has 0 radical (unpaired) electrons. The van der Waals surface area contributed by atoms with Crippen LogP contribution in [0.2, 0.25) is 0 Å². The monoisotopic (exact) mass is 340 g/mol. The summed E-state index contributed by atoms with van der Waals surface area (Å²) in [6.07, 6.45) is 8.54. The molecule has 1 aromatic rings. The highest BCUT2D eigenvalue weighted by Gasteiger charge is 2.36. The summed E-state index contributed by atoms with van der Waals surface area (Å²) in [6, 6.07) is 6.85. The second kappa shape index (κ2) is 6.44. The van der Waals surface area contributed by atoms with E-state index in [9.17, 15) is 9.90 Å². The molecule has 1 saturated heterocycles. The fraction of sp³-hybridized carbons (Fsp3) is 0.421. The van der Waals surface area contributed by atoms with Gasteiger partial charge in [-0.05, 0) is 61.6 Å². The van der Waals surface area contributed by atoms with E-state index in [1.54, 1.807) is 29.3 Å². The Morgan fingerprint density at radius 2 is 1.88 bits per heavy atom. The number of anilines is 1. The Bertz CT molecular complexity index is 719. The number of phenols is 1. The number of benzene rings is 1. The Kier molecular flexibility index (Phi) is 4.13. The number of aromatic hydroxyl groups is 1. The molecule has 0 saturated carbocycles. The van der Waals surface area contributed by atoms with E-state index >= 15 is 0 Å². The van der Waals surface area contributed by atoms with E-state index < -0.39 is 0 Å². The normalized spacial score (nSPS) is 20.4. The van der Waals surface area contributed by atoms with Gasteiger partial charge in [0.2, 0.25) is 0 Å². The Hall–Kier alpha value is -2.47. The first kappa shape index (κ1) is 16.0. The number of carbonyl (C=O) groups excluding carboxylic acids is 1. The van der Waals surface area contributed by atoms with Crippen LogP contribution in [0.1, 0.15) is 25.7 Å². The number of likely N-dealkylation sites (N-methyl/N-ethyl adjacent to an activating group) is 1. The lowest BCUT2D eigenvalue weighted by atomic mass is 10.0. The van der Waals surface area contributed by atoms with Gasteiger partial charge in [-0.25, -0.2) is 9.80 Å². The minimum Gasteiger partial charge on any atom is -0.508 e. The fourth-order valence-corrected chi connectivity index (χ4v) is 3.78. The molecule has 3 aliphatic rings. The zero-order valence-electron chi connectivity index (χ0n) is 14.6. The van der Waals surface area contributed by atoms with Crippen LogP contribution in [0.3, 0.4) is 0 Å². The number of carbonyl (C=O) groups is 1. The summed E-state index contributed by atoms with van der Waals surface area (Å²) in [5.41, 5.74) is 3.32. The molecule has 2 aliphatic heterocycles. The van der Waals surface area contributed by atoms with Gasteiger partial charge in [0, 0.05) is 20.1 Å². The number of hydrogen-bond acceptors (Lipinski definition) is 4. The van der Waals surface area contributed by atoms with Gasteiger partial charge in [-0.1, -0.05) is 6.08 Å². The SMILES string of the molecule is CN1C2=C(CCC=C2)CN1N(C(=O)N1CCCC1)c1ccc(O)cc1. The molecule has 132 valence electrons. The number of urea groups is 1. The summed E-state index contributed by atoms with van der Waals surface area (Å²) in [6.45, 7) is 2.33. The largest absolute Gasteiger partial charge is 0.508 e. The Balaban J connectivity index is 1.67. The molecule has 6 heteroatoms. The molecule has 1 N–H and O–H groups in total. The smallest absolute Gasteiger partial charge is 0.340 e. The van der Waals surface area contributed by atoms with Crippen molar-refractivity contribution in [2.24, 2.45) is 0 Å². The highest BCUT2D eigenvalue weighted by Crippen LogP contribution is 2.33. The van der Waals surface area contributed by atoms with Crippen molar-refractivity contribution in [2.75, 3.05) is 31.7 Å². The number of hydrazine groups is 2. The number of rotatable bonds is 2. The number of likely N-dealkylation sites (tertiary alicyclic amines) is 1. The molecule has 0 unspecified atom stereocenters. The van der Waals surface area contributed by atoms with Crippen molar-refractivity contribution in [2.45, 2.75) is 25.7 Å². The molecule has 2 amide bonds. The van der Waals surface area contributed by atoms with Crippen LogP contribution in [0.4, 0.5) is 10.5 Å². The first-order valence-electron chi connectivity index (χ1n) is 8.93. The lowest BCUT2D eigenvalue weighted by Gasteiger charge is -2.39. The molecule has 25 heavy (non-hydrogen) atoms. The Morgan fingerprint density at radius 1 is 1.16 bits per heavy atom. The third-order valence-electron chi connectivity index (χ3n) is 5.16. The van der Waals surface area contributed by atoms with Crippen molar-refractivity contribution in [3.8, 4) is 5.75 Å². The second-order valence-corrected chi connectivity index (χ2v) is 6.79. The molecule has 1 aromatic carbocycles. The fourth-order valence-electron chi connectivity index (χ4n) is 3.78. The maximum Gasteiger partial charge on any atom is 0.340 e. The van der Waals surface area contributed by atoms with Crippen molar-refractivity contribution >= 4 is 11.7 Å². The van der Waals surface area contributed by atoms with Crippen LogP contribution in [-0.2, 0) is 0 Å². The lowest BCUT2D eigenvalue weighted by molar-refractivity contribution is 0.0586. The van der Waals surface area contributed by atoms with Gasteiger partial charge in [0.1, 0.15) is 5.75 Å². The topological polar surface area (TPSA) is 50.3 Å². The molecule has 2 heterocycles. The number of nitrogens with zero attached hydrogens (tertiary/aromatic N) is 4. The molecule has 0 spiro atoms. The molecule has 4 rings (SSSR count). The van der Waals surface area contributed by atoms with E-state index in [0.717, 1.165) is 51.0 Å². The number of phenolic OH excluding ortho intramolecular Hbond substituents is 1. The number of allylic oxidation sites excluding steroid dienone is 2. The van der Waals surface area contributed by atoms with Crippen molar-refractivity contribution in [1.82, 2.24) is 15.0 Å². The van der Waals surface area contributed by atoms with E-state index in [4.69, 9.17) is 0 Å². The third-order valence-corrected chi connectivity index (χ3v) is 5.16. The first-order chi connectivity index (χ1) is 12.1. The van der Waals surface area contributed by atoms with Gasteiger partial charge < -0.3 is 10.0 Å². The summed E-state index contributed by atoms with van der Waals surface area (Å²) >= 11 is 0. The van der Waals surface area contributed by atoms with Gasteiger partial charge in [-0.2, -0.15) is 0 Å². The van der Waals surface area contributed by atoms with Gasteiger partial charge in [0.05, 0.1) is 17.9 Å². The predicted molar refractivity (Wildman–Crippen MR) is 96.7 cm³/mol. The maximum atomic E-state index is 13.3. The zero-order valence-corrected chi connectivity index (χ0v) is 14.6. The second-order valence-electron chi connectivity index (χ2n) is 6.79. The van der Waals surface area contributed by atoms with Crippen LogP contribution >= 0.6 is 0 Å². The van der Waals surface area contributed by atoms with Gasteiger partial charge >= 0.3 is 6.03 Å². The molecular formula is C19H24N4O2. The van der Waals surface area contributed by atoms with Crippen molar-refractivity contribution in [1.29, 1.82) is 0 Å². The first-order valence-corrected chi connectivity index (χ1v) is 8.93. The van der Waals surface area contributed by atoms with E-state index in [2.05, 4.69) is 17.2 Å². The number of hydrogen-bond donors (Lipinski definition) is 1. The standard InChI is InChI=1S/C19H24N4O2/c1-20-18-7-3-2-6-15(18)14-22(20)23(16-8-10-17(24)11-9-16)19(25)21-12-4-5-13-21/h3,7-11,24H,2,4-6,12-14H2,1H3. The third kappa shape index (κ3) is 2.87. The molecule has 0 bridgehead atoms. The van der Waals surface area contributed by atoms with Crippen molar-refractivity contribution < 1.29 is 9.90 Å². The quantitative estimate of drug-likeness (QED) is 0.899. The van der Waals surface area contributed by atoms with Crippen molar-refractivity contribution in [3.63, 3.8) is 0 Å². The summed E-state index contributed by atoms with van der Waals surface area (Å²) < 4.78 is 0. The molecular weight excluding hydrogens is 316 g/mol. The van der Waals surface area contributed by atoms with E-state index in [1.807, 2.05) is 17.1 Å². The van der Waals surface area contributed by atoms with E-state index in [0.29, 0.717) is 0 Å². The highest BCUT2D eigenvalue weighted by atomic mass is 16.3. The summed E-state index contributed by atoms with van der Waals surface area (Å²) in [4.78, 5) is 15.2. The minimum absolute atomic E-state index is 0.00105. The lowest BCUT2D eigenvalue weighted by Crippen LogP contribution is -2.55. The van der Waals surface area contributed by atoms with Crippen LogP contribution in [0, 0.1) is 0 Å². The summed E-state index contributed by atoms with van der Waals surface area (Å²) in [5.74, 6) is 0.201. The minimum atomic E-state index is -0.00105. The Labute approximate surface area is 148 Å². The average molecular weight is 340 g/mol. The zero-order chi connectivity index (χ0) is 17.4. The van der Waals surface area contributed by atoms with Crippen LogP contribution < -0.4 is 5.01 Å². The molecule has 6 nitrogen and oxygen atoms in total. The predicted octanol–water partition coefficient (Wildman–Crippen LogP) is 3.10. The average Bonchev–Trinajstić information content (AvgIpc) is 3.26. The van der Waals surface area contributed by atoms with Crippen LogP contribution in [0.25, 0.3) is 0 Å². The maximum absolute atomic E-state index is 13.3. The Morgan fingerprint density at radius 3 is 2.56 bits per heavy atom. The highest BCUT2D eigenvalue weighted by molar-refractivity contribution is 5.91. The van der Waals surface area contributed by atoms with Crippen LogP contribution in [-0.4, -0.2) is 52.8 Å². The van der Waals surface area contributed by atoms with E-state index in [1.165, 1.54) is 11.3 Å². The van der Waals surface area contributed by atoms with Gasteiger partial charge in [0.15, 0.2) is 0 Å². The summed E-state index contributed by atoms with van der Waals surface area (Å²) in [5, 5.41) is 15.4. The van der Waals surface area contributed by atoms with Gasteiger partial charge in [-0.3, -0.25) is 5.01 Å². The van der Waals surface area contributed by atoms with Crippen LogP contribution in [0.5, 0.6) is 5.75 Å². The molecule has 0 atom stereocenters. The van der Waals surface area contributed by atoms with Gasteiger partial charge in [-0.15, -0.1) is 5.12 Å².